The predicted octanol–water partition coefficient (Wildman–Crippen LogP) is -12.2. The number of hydrogen-bond acceptors (Lipinski definition) is 12. The molecule has 0 saturated heterocycles. The van der Waals surface area contributed by atoms with Gasteiger partial charge in [0, 0.05) is 61.4 Å². The summed E-state index contributed by atoms with van der Waals surface area (Å²) in [6.07, 6.45) is 1.72. The van der Waals surface area contributed by atoms with Gasteiger partial charge >= 0.3 is 118 Å². The van der Waals surface area contributed by atoms with Crippen LogP contribution in [0.5, 0.6) is 0 Å². The molecule has 0 radical (unpaired) electrons. The maximum atomic E-state index is 9.00. The fraction of sp³-hybridized carbons (Fsp3) is 0.619. The van der Waals surface area contributed by atoms with Crippen LogP contribution in [0.3, 0.4) is 0 Å². The van der Waals surface area contributed by atoms with Crippen LogP contribution in [0.2, 0.25) is 0 Å². The molecular formula is C21H52N4Na4O16. The van der Waals surface area contributed by atoms with Crippen LogP contribution >= 0.6 is 0 Å². The molecule has 0 aromatic carbocycles. The quantitative estimate of drug-likeness (QED) is 0.0956. The number of nitrogens with two attached hydrogens (primary N) is 4. The average Bonchev–Trinajstić information content (AvgIpc) is 2.57. The number of carboxylic acids is 8. The molecule has 0 fully saturated rings. The van der Waals surface area contributed by atoms with Crippen LogP contribution in [-0.4, -0.2) is 100 Å². The van der Waals surface area contributed by atoms with Crippen molar-refractivity contribution in [2.45, 2.75) is 87.0 Å². The Hall–Kier alpha value is -0.400. The van der Waals surface area contributed by atoms with E-state index in [0.29, 0.717) is 0 Å². The molecule has 0 aliphatic rings. The van der Waals surface area contributed by atoms with Crippen LogP contribution in [0.25, 0.3) is 0 Å². The number of hydrogen-bond donors (Lipinski definition) is 12. The SMILES string of the molecule is CC(=O)O.CC(=O)O.CC(=O)O.CC(=O)O.CC(=O)O.CC(=O)O.CC(=O)O.CC(=O)O.CCCC(N)C(N)(N)N.[H-].[H-].[H-].[H-].[Na+].[Na+].[Na+].[Na+]. The van der Waals surface area contributed by atoms with Gasteiger partial charge in [-0.2, -0.15) is 0 Å². The maximum Gasteiger partial charge on any atom is 1.00 e. The zero-order chi connectivity index (χ0) is 36.1. The Labute approximate surface area is 357 Å². The van der Waals surface area contributed by atoms with E-state index in [1.807, 2.05) is 6.92 Å². The Morgan fingerprint density at radius 1 is 0.467 bits per heavy atom. The normalized spacial score (nSPS) is 7.58. The van der Waals surface area contributed by atoms with Gasteiger partial charge in [-0.3, -0.25) is 55.6 Å². The third-order valence-electron chi connectivity index (χ3n) is 1.24. The third kappa shape index (κ3) is 1020. The first-order valence-electron chi connectivity index (χ1n) is 10.5. The molecule has 1 unspecified atom stereocenters. The molecule has 0 amide bonds. The van der Waals surface area contributed by atoms with Crippen LogP contribution in [0, 0.1) is 0 Å². The van der Waals surface area contributed by atoms with Crippen molar-refractivity contribution in [1.29, 1.82) is 0 Å². The summed E-state index contributed by atoms with van der Waals surface area (Å²) < 4.78 is 0. The molecule has 45 heavy (non-hydrogen) atoms. The molecule has 0 saturated carbocycles. The van der Waals surface area contributed by atoms with Gasteiger partial charge in [0.05, 0.1) is 0 Å². The van der Waals surface area contributed by atoms with Crippen LogP contribution < -0.4 is 141 Å². The minimum atomic E-state index is -1.21. The van der Waals surface area contributed by atoms with Crippen LogP contribution in [0.1, 0.15) is 80.9 Å². The van der Waals surface area contributed by atoms with Gasteiger partial charge in [-0.05, 0) is 6.42 Å². The zero-order valence-electron chi connectivity index (χ0n) is 32.6. The first kappa shape index (κ1) is 84.9. The largest absolute Gasteiger partial charge is 1.00 e. The Morgan fingerprint density at radius 3 is 0.578 bits per heavy atom. The molecule has 0 aromatic rings. The molecule has 256 valence electrons. The molecule has 24 heteroatoms. The first-order valence-corrected chi connectivity index (χ1v) is 10.5. The molecular weight excluding hydrogens is 656 g/mol. The van der Waals surface area contributed by atoms with Gasteiger partial charge in [-0.15, -0.1) is 0 Å². The predicted molar refractivity (Wildman–Crippen MR) is 149 cm³/mol. The summed E-state index contributed by atoms with van der Waals surface area (Å²) in [4.78, 5) is 72.0. The van der Waals surface area contributed by atoms with E-state index < -0.39 is 53.5 Å². The Balaban J connectivity index is -0.0000000156. The number of rotatable bonds is 3. The van der Waals surface area contributed by atoms with E-state index in [-0.39, 0.29) is 130 Å². The third-order valence-corrected chi connectivity index (χ3v) is 1.24. The smallest absolute Gasteiger partial charge is 1.00 e. The number of carboxylic acid groups (broad SMARTS) is 8. The van der Waals surface area contributed by atoms with Gasteiger partial charge in [0.2, 0.25) is 0 Å². The van der Waals surface area contributed by atoms with Gasteiger partial charge in [0.25, 0.3) is 47.8 Å². The van der Waals surface area contributed by atoms with E-state index in [1.165, 1.54) is 0 Å². The van der Waals surface area contributed by atoms with Crippen LogP contribution in [0.4, 0.5) is 0 Å². The van der Waals surface area contributed by atoms with Crippen LogP contribution in [-0.2, 0) is 38.4 Å². The summed E-state index contributed by atoms with van der Waals surface area (Å²) in [5.41, 5.74) is 21.4. The molecule has 0 heterocycles. The Morgan fingerprint density at radius 2 is 0.556 bits per heavy atom. The second kappa shape index (κ2) is 66.1. The molecule has 0 spiro atoms. The summed E-state index contributed by atoms with van der Waals surface area (Å²) in [5.74, 6) is -7.88. The van der Waals surface area contributed by atoms with E-state index >= 15 is 0 Å². The second-order valence-corrected chi connectivity index (χ2v) is 6.55. The van der Waals surface area contributed by atoms with E-state index in [2.05, 4.69) is 0 Å². The van der Waals surface area contributed by atoms with Crippen molar-refractivity contribution in [2.24, 2.45) is 22.9 Å². The molecule has 0 aliphatic carbocycles. The summed E-state index contributed by atoms with van der Waals surface area (Å²) in [7, 11) is 0. The number of aliphatic carboxylic acids is 8. The van der Waals surface area contributed by atoms with Crippen LogP contribution in [0.15, 0.2) is 0 Å². The molecule has 0 aliphatic heterocycles. The summed E-state index contributed by atoms with van der Waals surface area (Å²) in [6, 6.07) is -0.303. The van der Waals surface area contributed by atoms with Gasteiger partial charge in [-0.25, -0.2) is 0 Å². The monoisotopic (exact) mass is 708 g/mol. The van der Waals surface area contributed by atoms with Gasteiger partial charge in [-0.1, -0.05) is 13.3 Å². The standard InChI is InChI=1S/C5H16N4.8C2H4O2.4Na.4H/c1-2-3-4(6)5(7,8)9;8*1-2(3)4;;;;;;;;/h4H,2-3,6-9H2,1H3;8*1H3,(H,3,4);;;;;;;;/q;;;;;;;;;4*+1;4*-1. The fourth-order valence-electron chi connectivity index (χ4n) is 0.561. The Bertz CT molecular complexity index is 572. The summed E-state index contributed by atoms with van der Waals surface area (Å²) in [5, 5.41) is 59.3. The first-order chi connectivity index (χ1) is 17.8. The molecule has 20 nitrogen and oxygen atoms in total. The van der Waals surface area contributed by atoms with Gasteiger partial charge in [0.15, 0.2) is 0 Å². The second-order valence-electron chi connectivity index (χ2n) is 6.55. The zero-order valence-corrected chi connectivity index (χ0v) is 36.6. The molecule has 1 atom stereocenters. The minimum absolute atomic E-state index is 0. The minimum Gasteiger partial charge on any atom is -1.00 e. The Kier molecular flexibility index (Phi) is 125. The molecule has 0 aromatic heterocycles. The van der Waals surface area contributed by atoms with Crippen molar-refractivity contribution in [3.8, 4) is 0 Å². The summed E-state index contributed by atoms with van der Waals surface area (Å²) in [6.45, 7) is 10.7. The number of carbonyl (C=O) groups is 8. The van der Waals surface area contributed by atoms with Crippen molar-refractivity contribution in [3.63, 3.8) is 0 Å². The topological polar surface area (TPSA) is 402 Å². The molecule has 0 rings (SSSR count). The van der Waals surface area contributed by atoms with E-state index in [9.17, 15) is 0 Å². The van der Waals surface area contributed by atoms with E-state index in [4.69, 9.17) is 102 Å². The van der Waals surface area contributed by atoms with Gasteiger partial charge < -0.3 is 52.3 Å². The van der Waals surface area contributed by atoms with Crippen molar-refractivity contribution >= 4 is 47.8 Å². The fourth-order valence-corrected chi connectivity index (χ4v) is 0.561. The van der Waals surface area contributed by atoms with Gasteiger partial charge in [0.1, 0.15) is 5.79 Å². The van der Waals surface area contributed by atoms with Crippen molar-refractivity contribution < 1.29 is 203 Å². The van der Waals surface area contributed by atoms with E-state index in [1.54, 1.807) is 0 Å². The average molecular weight is 709 g/mol. The molecule has 0 bridgehead atoms. The summed E-state index contributed by atoms with van der Waals surface area (Å²) >= 11 is 0. The van der Waals surface area contributed by atoms with Crippen molar-refractivity contribution in [1.82, 2.24) is 0 Å². The van der Waals surface area contributed by atoms with E-state index in [0.717, 1.165) is 68.2 Å². The molecule has 16 N–H and O–H groups in total. The maximum absolute atomic E-state index is 9.00. The van der Waals surface area contributed by atoms with Crippen molar-refractivity contribution in [2.75, 3.05) is 0 Å². The van der Waals surface area contributed by atoms with Crippen molar-refractivity contribution in [3.05, 3.63) is 0 Å².